The van der Waals surface area contributed by atoms with Crippen molar-refractivity contribution in [3.63, 3.8) is 0 Å². The molecule has 0 aromatic heterocycles. The number of benzene rings is 1. The molecule has 0 spiro atoms. The van der Waals surface area contributed by atoms with E-state index < -0.39 is 12.0 Å². The number of carbonyl (C=O) groups excluding carboxylic acids is 2. The Bertz CT molecular complexity index is 704. The van der Waals surface area contributed by atoms with Crippen molar-refractivity contribution in [2.75, 3.05) is 38.2 Å². The highest BCUT2D eigenvalue weighted by Gasteiger charge is 2.35. The Morgan fingerprint density at radius 1 is 1.36 bits per heavy atom. The van der Waals surface area contributed by atoms with E-state index in [1.54, 1.807) is 12.1 Å². The minimum Gasteiger partial charge on any atom is -0.466 e. The van der Waals surface area contributed by atoms with Crippen molar-refractivity contribution in [1.82, 2.24) is 15.5 Å². The number of amides is 2. The predicted octanol–water partition coefficient (Wildman–Crippen LogP) is 2.17. The molecule has 2 N–H and O–H groups in total. The van der Waals surface area contributed by atoms with Crippen molar-refractivity contribution in [2.45, 2.75) is 6.04 Å². The number of rotatable bonds is 4. The third-order valence-corrected chi connectivity index (χ3v) is 5.55. The summed E-state index contributed by atoms with van der Waals surface area (Å²) in [6.07, 6.45) is 0. The molecule has 0 saturated carbocycles. The molecule has 1 fully saturated rings. The van der Waals surface area contributed by atoms with Crippen LogP contribution in [0.2, 0.25) is 5.02 Å². The van der Waals surface area contributed by atoms with Gasteiger partial charge in [-0.05, 0) is 11.6 Å². The van der Waals surface area contributed by atoms with Crippen LogP contribution in [0.4, 0.5) is 4.79 Å². The number of thioether (sulfide) groups is 1. The van der Waals surface area contributed by atoms with Gasteiger partial charge in [-0.1, -0.05) is 29.8 Å². The molecule has 1 aromatic rings. The summed E-state index contributed by atoms with van der Waals surface area (Å²) in [5.74, 6) is 1.61. The maximum Gasteiger partial charge on any atom is 0.338 e. The molecular weight excluding hydrogens is 362 g/mol. The SMILES string of the molecule is COC(=O)C1=C(CN2CCSCC2)NC(=O)N[C@@H]1c1ccccc1Cl. The molecule has 0 unspecified atom stereocenters. The summed E-state index contributed by atoms with van der Waals surface area (Å²) in [5.41, 5.74) is 1.65. The summed E-state index contributed by atoms with van der Waals surface area (Å²) < 4.78 is 4.98. The lowest BCUT2D eigenvalue weighted by Crippen LogP contribution is -2.49. The number of carbonyl (C=O) groups is 2. The lowest BCUT2D eigenvalue weighted by atomic mass is 9.95. The summed E-state index contributed by atoms with van der Waals surface area (Å²) in [5, 5.41) is 6.07. The number of halogens is 1. The van der Waals surface area contributed by atoms with Crippen molar-refractivity contribution in [3.05, 3.63) is 46.1 Å². The molecule has 2 aliphatic heterocycles. The number of nitrogens with zero attached hydrogens (tertiary/aromatic N) is 1. The average Bonchev–Trinajstić information content (AvgIpc) is 2.62. The molecule has 2 heterocycles. The van der Waals surface area contributed by atoms with Crippen LogP contribution in [-0.4, -0.2) is 55.2 Å². The fourth-order valence-electron chi connectivity index (χ4n) is 3.02. The molecule has 0 bridgehead atoms. The molecule has 1 atom stereocenters. The largest absolute Gasteiger partial charge is 0.466 e. The predicted molar refractivity (Wildman–Crippen MR) is 98.7 cm³/mol. The number of methoxy groups -OCH3 is 1. The molecule has 3 rings (SSSR count). The molecular formula is C17H20ClN3O3S. The number of nitrogens with one attached hydrogen (secondary N) is 2. The zero-order valence-corrected chi connectivity index (χ0v) is 15.5. The topological polar surface area (TPSA) is 70.7 Å². The monoisotopic (exact) mass is 381 g/mol. The van der Waals surface area contributed by atoms with Gasteiger partial charge in [0.05, 0.1) is 18.7 Å². The van der Waals surface area contributed by atoms with Gasteiger partial charge in [0.15, 0.2) is 0 Å². The van der Waals surface area contributed by atoms with Crippen LogP contribution in [0.15, 0.2) is 35.5 Å². The van der Waals surface area contributed by atoms with Crippen LogP contribution in [0.3, 0.4) is 0 Å². The van der Waals surface area contributed by atoms with Crippen molar-refractivity contribution in [1.29, 1.82) is 0 Å². The Balaban J connectivity index is 2.00. The van der Waals surface area contributed by atoms with E-state index in [4.69, 9.17) is 16.3 Å². The average molecular weight is 382 g/mol. The van der Waals surface area contributed by atoms with Gasteiger partial charge in [-0.3, -0.25) is 4.90 Å². The third kappa shape index (κ3) is 4.11. The zero-order valence-electron chi connectivity index (χ0n) is 13.9. The minimum absolute atomic E-state index is 0.348. The van der Waals surface area contributed by atoms with Gasteiger partial charge >= 0.3 is 12.0 Å². The van der Waals surface area contributed by atoms with Crippen LogP contribution >= 0.6 is 23.4 Å². The minimum atomic E-state index is -0.635. The molecule has 25 heavy (non-hydrogen) atoms. The lowest BCUT2D eigenvalue weighted by Gasteiger charge is -2.33. The smallest absolute Gasteiger partial charge is 0.338 e. The van der Waals surface area contributed by atoms with E-state index >= 15 is 0 Å². The van der Waals surface area contributed by atoms with Crippen molar-refractivity contribution in [3.8, 4) is 0 Å². The standard InChI is InChI=1S/C17H20ClN3O3S/c1-24-16(22)14-13(10-21-6-8-25-9-7-21)19-17(23)20-15(14)11-4-2-3-5-12(11)18/h2-5,15H,6-10H2,1H3,(H2,19,20,23)/t15-/m1/s1. The fourth-order valence-corrected chi connectivity index (χ4v) is 4.24. The van der Waals surface area contributed by atoms with Gasteiger partial charge < -0.3 is 15.4 Å². The second-order valence-electron chi connectivity index (χ2n) is 5.83. The van der Waals surface area contributed by atoms with E-state index in [1.165, 1.54) is 7.11 Å². The maximum atomic E-state index is 12.5. The van der Waals surface area contributed by atoms with Crippen LogP contribution < -0.4 is 10.6 Å². The second kappa shape index (κ2) is 8.12. The first-order valence-corrected chi connectivity index (χ1v) is 9.57. The van der Waals surface area contributed by atoms with E-state index in [0.29, 0.717) is 28.4 Å². The molecule has 134 valence electrons. The molecule has 1 aromatic carbocycles. The molecule has 1 saturated heterocycles. The summed E-state index contributed by atoms with van der Waals surface area (Å²) in [6, 6.07) is 6.19. The van der Waals surface area contributed by atoms with E-state index in [0.717, 1.165) is 24.6 Å². The highest BCUT2D eigenvalue weighted by Crippen LogP contribution is 2.32. The van der Waals surface area contributed by atoms with Gasteiger partial charge in [0.2, 0.25) is 0 Å². The van der Waals surface area contributed by atoms with Crippen LogP contribution in [-0.2, 0) is 9.53 Å². The van der Waals surface area contributed by atoms with Crippen molar-refractivity contribution < 1.29 is 14.3 Å². The summed E-state index contributed by atoms with van der Waals surface area (Å²) in [4.78, 5) is 26.9. The Labute approximate surface area is 155 Å². The first-order chi connectivity index (χ1) is 12.1. The van der Waals surface area contributed by atoms with E-state index in [1.807, 2.05) is 23.9 Å². The number of urea groups is 1. The third-order valence-electron chi connectivity index (χ3n) is 4.26. The summed E-state index contributed by atoms with van der Waals surface area (Å²) >= 11 is 8.20. The molecule has 2 aliphatic rings. The molecule has 0 aliphatic carbocycles. The van der Waals surface area contributed by atoms with E-state index in [2.05, 4.69) is 15.5 Å². The highest BCUT2D eigenvalue weighted by atomic mass is 35.5. The molecule has 8 heteroatoms. The second-order valence-corrected chi connectivity index (χ2v) is 7.46. The van der Waals surface area contributed by atoms with Crippen LogP contribution in [0, 0.1) is 0 Å². The van der Waals surface area contributed by atoms with Crippen molar-refractivity contribution >= 4 is 35.4 Å². The van der Waals surface area contributed by atoms with Gasteiger partial charge in [-0.2, -0.15) is 11.8 Å². The van der Waals surface area contributed by atoms with E-state index in [-0.39, 0.29) is 6.03 Å². The Hall–Kier alpha value is -1.70. The zero-order chi connectivity index (χ0) is 17.8. The number of ether oxygens (including phenoxy) is 1. The number of hydrogen-bond acceptors (Lipinski definition) is 5. The van der Waals surface area contributed by atoms with Crippen LogP contribution in [0.5, 0.6) is 0 Å². The van der Waals surface area contributed by atoms with Crippen molar-refractivity contribution in [2.24, 2.45) is 0 Å². The number of esters is 1. The molecule has 2 amide bonds. The van der Waals surface area contributed by atoms with Gasteiger partial charge in [0.25, 0.3) is 0 Å². The van der Waals surface area contributed by atoms with Gasteiger partial charge in [-0.15, -0.1) is 0 Å². The Morgan fingerprint density at radius 2 is 2.08 bits per heavy atom. The lowest BCUT2D eigenvalue weighted by molar-refractivity contribution is -0.136. The maximum absolute atomic E-state index is 12.5. The summed E-state index contributed by atoms with van der Waals surface area (Å²) in [7, 11) is 1.34. The molecule has 6 nitrogen and oxygen atoms in total. The van der Waals surface area contributed by atoms with Crippen LogP contribution in [0.25, 0.3) is 0 Å². The van der Waals surface area contributed by atoms with Gasteiger partial charge in [0, 0.05) is 41.9 Å². The normalized spacial score (nSPS) is 21.5. The highest BCUT2D eigenvalue weighted by molar-refractivity contribution is 7.99. The van der Waals surface area contributed by atoms with Gasteiger partial charge in [0.1, 0.15) is 0 Å². The Morgan fingerprint density at radius 3 is 2.76 bits per heavy atom. The molecule has 0 radical (unpaired) electrons. The summed E-state index contributed by atoms with van der Waals surface area (Å²) in [6.45, 7) is 2.34. The first-order valence-electron chi connectivity index (χ1n) is 8.03. The first kappa shape index (κ1) is 18.1. The fraction of sp³-hybridized carbons (Fsp3) is 0.412. The van der Waals surface area contributed by atoms with Crippen LogP contribution in [0.1, 0.15) is 11.6 Å². The van der Waals surface area contributed by atoms with E-state index in [9.17, 15) is 9.59 Å². The Kier molecular flexibility index (Phi) is 5.88. The quantitative estimate of drug-likeness (QED) is 0.782. The number of hydrogen-bond donors (Lipinski definition) is 2. The van der Waals surface area contributed by atoms with Gasteiger partial charge in [-0.25, -0.2) is 9.59 Å².